The summed E-state index contributed by atoms with van der Waals surface area (Å²) in [6.07, 6.45) is -1.56. The number of nitrogens with zero attached hydrogens (tertiary/aromatic N) is 3. The van der Waals surface area contributed by atoms with E-state index in [4.69, 9.17) is 0 Å². The number of benzene rings is 1. The first-order valence-electron chi connectivity index (χ1n) is 11.3. The van der Waals surface area contributed by atoms with Gasteiger partial charge in [-0.25, -0.2) is 4.39 Å². The number of aromatic nitrogens is 2. The Morgan fingerprint density at radius 2 is 2.03 bits per heavy atom. The molecule has 1 aliphatic rings. The average Bonchev–Trinajstić information content (AvgIpc) is 3.36. The Morgan fingerprint density at radius 1 is 1.23 bits per heavy atom. The Morgan fingerprint density at radius 3 is 2.71 bits per heavy atom. The summed E-state index contributed by atoms with van der Waals surface area (Å²) in [4.78, 5) is 14.1. The largest absolute Gasteiger partial charge is 0.406 e. The number of likely N-dealkylation sites (tertiary alicyclic amines) is 1. The van der Waals surface area contributed by atoms with E-state index in [1.165, 1.54) is 0 Å². The predicted octanol–water partition coefficient (Wildman–Crippen LogP) is 3.78. The van der Waals surface area contributed by atoms with Gasteiger partial charge in [0, 0.05) is 43.6 Å². The molecule has 1 aliphatic heterocycles. The van der Waals surface area contributed by atoms with Gasteiger partial charge in [-0.05, 0) is 43.7 Å². The van der Waals surface area contributed by atoms with E-state index in [0.717, 1.165) is 11.1 Å². The highest BCUT2D eigenvalue weighted by molar-refractivity contribution is 5.95. The zero-order valence-corrected chi connectivity index (χ0v) is 19.5. The van der Waals surface area contributed by atoms with E-state index in [2.05, 4.69) is 22.5 Å². The molecule has 0 unspecified atom stereocenters. The van der Waals surface area contributed by atoms with Gasteiger partial charge >= 0.3 is 6.18 Å². The summed E-state index contributed by atoms with van der Waals surface area (Å²) >= 11 is 0. The summed E-state index contributed by atoms with van der Waals surface area (Å²) in [5.41, 5.74) is 1.56. The van der Waals surface area contributed by atoms with Crippen molar-refractivity contribution < 1.29 is 22.4 Å². The number of hydrogen-bond donors (Lipinski definition) is 2. The van der Waals surface area contributed by atoms with Gasteiger partial charge in [-0.3, -0.25) is 4.79 Å². The van der Waals surface area contributed by atoms with Gasteiger partial charge in [-0.1, -0.05) is 12.0 Å². The molecule has 1 amide bonds. The minimum Gasteiger partial charge on any atom is -0.379 e. The molecule has 35 heavy (non-hydrogen) atoms. The number of halogens is 4. The van der Waals surface area contributed by atoms with Crippen molar-refractivity contribution >= 4 is 22.5 Å². The molecule has 1 fully saturated rings. The van der Waals surface area contributed by atoms with Crippen LogP contribution in [0.25, 0.3) is 10.9 Å². The smallest absolute Gasteiger partial charge is 0.379 e. The van der Waals surface area contributed by atoms with Crippen LogP contribution in [0.2, 0.25) is 0 Å². The van der Waals surface area contributed by atoms with E-state index in [1.807, 2.05) is 11.9 Å². The Bertz CT molecular complexity index is 1270. The van der Waals surface area contributed by atoms with Crippen LogP contribution in [0.4, 0.5) is 23.2 Å². The number of nitrogens with one attached hydrogen (secondary N) is 2. The van der Waals surface area contributed by atoms with Gasteiger partial charge in [0.25, 0.3) is 5.91 Å². The van der Waals surface area contributed by atoms with Crippen molar-refractivity contribution in [2.75, 3.05) is 32.0 Å². The zero-order chi connectivity index (χ0) is 25.2. The topological polar surface area (TPSA) is 54.2 Å². The lowest BCUT2D eigenvalue weighted by molar-refractivity contribution is -0.140. The second-order valence-electron chi connectivity index (χ2n) is 8.84. The van der Waals surface area contributed by atoms with Gasteiger partial charge in [-0.15, -0.1) is 0 Å². The highest BCUT2D eigenvalue weighted by atomic mass is 19.4. The van der Waals surface area contributed by atoms with Crippen molar-refractivity contribution in [3.8, 4) is 11.8 Å². The van der Waals surface area contributed by atoms with E-state index in [1.54, 1.807) is 54.3 Å². The normalized spacial score (nSPS) is 18.8. The second-order valence-corrected chi connectivity index (χ2v) is 8.84. The number of aryl methyl sites for hydroxylation is 1. The first-order chi connectivity index (χ1) is 16.6. The van der Waals surface area contributed by atoms with Gasteiger partial charge in [-0.2, -0.15) is 13.2 Å². The van der Waals surface area contributed by atoms with Gasteiger partial charge in [0.05, 0.1) is 29.4 Å². The predicted molar refractivity (Wildman–Crippen MR) is 127 cm³/mol. The summed E-state index contributed by atoms with van der Waals surface area (Å²) in [6.45, 7) is -0.200. The molecule has 0 saturated carbocycles. The Kier molecular flexibility index (Phi) is 7.08. The van der Waals surface area contributed by atoms with E-state index in [-0.39, 0.29) is 18.1 Å². The van der Waals surface area contributed by atoms with Gasteiger partial charge in [0.2, 0.25) is 0 Å². The summed E-state index contributed by atoms with van der Waals surface area (Å²) in [5, 5.41) is 6.38. The van der Waals surface area contributed by atoms with Crippen LogP contribution in [0, 0.1) is 11.8 Å². The molecular formula is C25H27F4N5O. The van der Waals surface area contributed by atoms with Crippen LogP contribution in [0.3, 0.4) is 0 Å². The number of piperidine rings is 1. The van der Waals surface area contributed by atoms with Crippen molar-refractivity contribution in [2.45, 2.75) is 31.4 Å². The molecule has 3 heterocycles. The Balaban J connectivity index is 1.59. The van der Waals surface area contributed by atoms with Crippen LogP contribution in [-0.2, 0) is 13.6 Å². The molecule has 3 aromatic rings. The number of amides is 1. The summed E-state index contributed by atoms with van der Waals surface area (Å²) < 4.78 is 57.5. The van der Waals surface area contributed by atoms with Crippen molar-refractivity contribution in [3.05, 3.63) is 54.0 Å². The Hall–Kier alpha value is -3.45. The molecule has 2 atom stereocenters. The molecule has 0 aliphatic carbocycles. The fraction of sp³-hybridized carbons (Fsp3) is 0.400. The van der Waals surface area contributed by atoms with Crippen molar-refractivity contribution in [2.24, 2.45) is 7.05 Å². The molecular weight excluding hydrogens is 462 g/mol. The van der Waals surface area contributed by atoms with Crippen molar-refractivity contribution in [3.63, 3.8) is 0 Å². The number of fused-ring (bicyclic) bond motifs is 1. The molecule has 1 aromatic carbocycles. The molecule has 0 spiro atoms. The third kappa shape index (κ3) is 5.98. The first kappa shape index (κ1) is 24.7. The lowest BCUT2D eigenvalue weighted by atomic mass is 10.0. The first-order valence-corrected chi connectivity index (χ1v) is 11.3. The molecule has 4 rings (SSSR count). The number of carbonyl (C=O) groups excluding carboxylic acids is 1. The Labute approximate surface area is 200 Å². The highest BCUT2D eigenvalue weighted by Gasteiger charge is 2.31. The number of alkyl halides is 4. The summed E-state index contributed by atoms with van der Waals surface area (Å²) in [7, 11) is 3.65. The number of rotatable bonds is 5. The van der Waals surface area contributed by atoms with Crippen LogP contribution < -0.4 is 10.6 Å². The fourth-order valence-corrected chi connectivity index (χ4v) is 4.28. The maximum absolute atomic E-state index is 14.6. The van der Waals surface area contributed by atoms with E-state index in [0.29, 0.717) is 35.1 Å². The van der Waals surface area contributed by atoms with E-state index >= 15 is 0 Å². The molecule has 2 aromatic heterocycles. The minimum atomic E-state index is -4.45. The van der Waals surface area contributed by atoms with E-state index in [9.17, 15) is 22.4 Å². The second kappa shape index (κ2) is 10.0. The molecule has 0 bridgehead atoms. The summed E-state index contributed by atoms with van der Waals surface area (Å²) in [5.74, 6) is 5.20. The maximum atomic E-state index is 14.6. The van der Waals surface area contributed by atoms with Crippen molar-refractivity contribution in [1.82, 2.24) is 19.4 Å². The fourth-order valence-electron chi connectivity index (χ4n) is 4.28. The molecule has 186 valence electrons. The third-order valence-corrected chi connectivity index (χ3v) is 6.02. The van der Waals surface area contributed by atoms with E-state index < -0.39 is 24.9 Å². The maximum Gasteiger partial charge on any atom is 0.406 e. The third-order valence-electron chi connectivity index (χ3n) is 6.02. The highest BCUT2D eigenvalue weighted by Crippen LogP contribution is 2.31. The number of carbonyl (C=O) groups is 1. The average molecular weight is 490 g/mol. The quantitative estimate of drug-likeness (QED) is 0.424. The molecule has 1 saturated heterocycles. The monoisotopic (exact) mass is 489 g/mol. The van der Waals surface area contributed by atoms with Crippen LogP contribution in [0.1, 0.15) is 22.5 Å². The summed E-state index contributed by atoms with van der Waals surface area (Å²) in [6, 6.07) is 7.80. The number of anilines is 1. The molecule has 0 radical (unpaired) electrons. The number of hydrogen-bond acceptors (Lipinski definition) is 3. The molecule has 2 N–H and O–H groups in total. The van der Waals surface area contributed by atoms with Gasteiger partial charge < -0.3 is 24.7 Å². The van der Waals surface area contributed by atoms with Crippen molar-refractivity contribution in [1.29, 1.82) is 0 Å². The SMILES string of the molecule is CN1CC[C@@H](Nc2cccc3c2cc(C#CCNC(=O)c2ccn(C)c2)n3CC(F)(F)F)[C@@H](F)C1. The van der Waals surface area contributed by atoms with Crippen LogP contribution >= 0.6 is 0 Å². The minimum absolute atomic E-state index is 0.0223. The molecule has 6 nitrogen and oxygen atoms in total. The standard InChI is InChI=1S/C25H27F4N5O/c1-32-11-8-17(14-32)24(35)30-10-4-5-18-13-19-21(31-22-9-12-33(2)15-20(22)26)6-3-7-23(19)34(18)16-25(27,28)29/h3,6-8,11,13-14,20,22,31H,9-10,12,15-16H2,1-2H3,(H,30,35)/t20-,22+/m0/s1. The van der Waals surface area contributed by atoms with Crippen LogP contribution in [0.5, 0.6) is 0 Å². The lowest BCUT2D eigenvalue weighted by Gasteiger charge is -2.33. The van der Waals surface area contributed by atoms with Crippen LogP contribution in [0.15, 0.2) is 42.7 Å². The molecule has 10 heteroatoms. The van der Waals surface area contributed by atoms with Crippen LogP contribution in [-0.4, -0.2) is 65.0 Å². The van der Waals surface area contributed by atoms with Gasteiger partial charge in [0.1, 0.15) is 12.7 Å². The zero-order valence-electron chi connectivity index (χ0n) is 19.5. The van der Waals surface area contributed by atoms with Gasteiger partial charge in [0.15, 0.2) is 0 Å². The lowest BCUT2D eigenvalue weighted by Crippen LogP contribution is -2.46.